The van der Waals surface area contributed by atoms with Crippen LogP contribution in [0.2, 0.25) is 5.02 Å². The molecule has 0 N–H and O–H groups in total. The van der Waals surface area contributed by atoms with Gasteiger partial charge in [-0.05, 0) is 39.3 Å². The Morgan fingerprint density at radius 2 is 2.08 bits per heavy atom. The van der Waals surface area contributed by atoms with Crippen LogP contribution in [0.5, 0.6) is 5.75 Å². The maximum absolute atomic E-state index is 12.0. The van der Waals surface area contributed by atoms with E-state index in [2.05, 4.69) is 6.07 Å². The zero-order chi connectivity index (χ0) is 18.3. The third kappa shape index (κ3) is 6.67. The number of ether oxygens (including phenoxy) is 2. The molecule has 0 saturated carbocycles. The molecule has 0 aliphatic carbocycles. The van der Waals surface area contributed by atoms with Crippen LogP contribution < -0.4 is 4.74 Å². The number of carbonyl (C=O) groups is 1. The molecule has 1 rings (SSSR count). The quantitative estimate of drug-likeness (QED) is 0.749. The Morgan fingerprint density at radius 1 is 1.42 bits per heavy atom. The van der Waals surface area contributed by atoms with Crippen LogP contribution in [0.4, 0.5) is 4.79 Å². The van der Waals surface area contributed by atoms with Gasteiger partial charge in [0.2, 0.25) is 0 Å². The maximum Gasteiger partial charge on any atom is 0.410 e. The Balaban J connectivity index is 2.64. The maximum atomic E-state index is 12.0. The average molecular weight is 353 g/mol. The minimum Gasteiger partial charge on any atom is -0.489 e. The highest BCUT2D eigenvalue weighted by molar-refractivity contribution is 6.30. The fourth-order valence-corrected chi connectivity index (χ4v) is 2.14. The Labute approximate surface area is 149 Å². The highest BCUT2D eigenvalue weighted by Gasteiger charge is 2.20. The molecule has 0 aliphatic heterocycles. The molecule has 5 nitrogen and oxygen atoms in total. The van der Waals surface area contributed by atoms with Gasteiger partial charge in [0.05, 0.1) is 5.56 Å². The van der Waals surface area contributed by atoms with Crippen molar-refractivity contribution < 1.29 is 14.3 Å². The zero-order valence-electron chi connectivity index (χ0n) is 14.9. The molecule has 0 bridgehead atoms. The average Bonchev–Trinajstić information content (AvgIpc) is 2.49. The first kappa shape index (κ1) is 20.1. The van der Waals surface area contributed by atoms with E-state index in [1.165, 1.54) is 4.90 Å². The van der Waals surface area contributed by atoms with Gasteiger partial charge in [-0.1, -0.05) is 18.5 Å². The molecule has 0 spiro atoms. The van der Waals surface area contributed by atoms with Crippen LogP contribution in [0.1, 0.15) is 46.1 Å². The van der Waals surface area contributed by atoms with Crippen molar-refractivity contribution in [2.24, 2.45) is 0 Å². The molecule has 0 heterocycles. The normalized spacial score (nSPS) is 12.2. The summed E-state index contributed by atoms with van der Waals surface area (Å²) in [5.41, 5.74) is -0.0764. The summed E-state index contributed by atoms with van der Waals surface area (Å²) in [6.45, 7) is 7.99. The van der Waals surface area contributed by atoms with E-state index >= 15 is 0 Å². The second-order valence-electron chi connectivity index (χ2n) is 6.59. The van der Waals surface area contributed by atoms with Crippen molar-refractivity contribution in [3.8, 4) is 11.8 Å². The first-order valence-electron chi connectivity index (χ1n) is 7.96. The fourth-order valence-electron chi connectivity index (χ4n) is 1.98. The van der Waals surface area contributed by atoms with Crippen molar-refractivity contribution in [1.29, 1.82) is 5.26 Å². The third-order valence-electron chi connectivity index (χ3n) is 3.30. The van der Waals surface area contributed by atoms with E-state index in [1.54, 1.807) is 25.2 Å². The van der Waals surface area contributed by atoms with E-state index in [-0.39, 0.29) is 12.2 Å². The molecular weight excluding hydrogens is 328 g/mol. The van der Waals surface area contributed by atoms with Crippen molar-refractivity contribution in [2.45, 2.75) is 52.2 Å². The van der Waals surface area contributed by atoms with Crippen molar-refractivity contribution in [3.63, 3.8) is 0 Å². The molecule has 0 saturated heterocycles. The number of nitrogens with zero attached hydrogens (tertiary/aromatic N) is 2. The number of rotatable bonds is 6. The van der Waals surface area contributed by atoms with Gasteiger partial charge < -0.3 is 14.4 Å². The number of halogens is 1. The number of nitriles is 1. The van der Waals surface area contributed by atoms with E-state index in [9.17, 15) is 4.79 Å². The summed E-state index contributed by atoms with van der Waals surface area (Å²) >= 11 is 5.97. The van der Waals surface area contributed by atoms with Gasteiger partial charge in [0.15, 0.2) is 0 Å². The number of benzene rings is 1. The Morgan fingerprint density at radius 3 is 2.62 bits per heavy atom. The van der Waals surface area contributed by atoms with Crippen molar-refractivity contribution >= 4 is 17.7 Å². The van der Waals surface area contributed by atoms with E-state index in [0.29, 0.717) is 29.3 Å². The molecular formula is C18H25ClN2O3. The Hall–Kier alpha value is -1.93. The summed E-state index contributed by atoms with van der Waals surface area (Å²) < 4.78 is 11.2. The van der Waals surface area contributed by atoms with Gasteiger partial charge in [0.1, 0.15) is 23.5 Å². The van der Waals surface area contributed by atoms with Crippen LogP contribution in [0.25, 0.3) is 0 Å². The Kier molecular flexibility index (Phi) is 7.37. The lowest BCUT2D eigenvalue weighted by atomic mass is 10.1. The summed E-state index contributed by atoms with van der Waals surface area (Å²) in [6.07, 6.45) is 0.890. The molecule has 6 heteroatoms. The monoisotopic (exact) mass is 352 g/mol. The van der Waals surface area contributed by atoms with Gasteiger partial charge in [0.25, 0.3) is 0 Å². The van der Waals surface area contributed by atoms with Crippen LogP contribution in [-0.4, -0.2) is 36.3 Å². The summed E-state index contributed by atoms with van der Waals surface area (Å²) in [4.78, 5) is 13.5. The number of hydrogen-bond donors (Lipinski definition) is 0. The van der Waals surface area contributed by atoms with Crippen molar-refractivity contribution in [1.82, 2.24) is 4.90 Å². The molecule has 1 atom stereocenters. The third-order valence-corrected chi connectivity index (χ3v) is 3.54. The van der Waals surface area contributed by atoms with Gasteiger partial charge in [-0.2, -0.15) is 5.26 Å². The van der Waals surface area contributed by atoms with Gasteiger partial charge in [-0.3, -0.25) is 0 Å². The standard InChI is InChI=1S/C18H25ClN2O3/c1-6-15(9-10-21(5)17(22)24-18(2,3)4)23-16-11-14(19)8-7-13(16)12-20/h7-8,11,15H,6,9-10H2,1-5H3. The van der Waals surface area contributed by atoms with Crippen molar-refractivity contribution in [2.75, 3.05) is 13.6 Å². The van der Waals surface area contributed by atoms with Crippen LogP contribution in [0, 0.1) is 11.3 Å². The van der Waals surface area contributed by atoms with E-state index in [0.717, 1.165) is 6.42 Å². The second-order valence-corrected chi connectivity index (χ2v) is 7.03. The minimum atomic E-state index is -0.519. The first-order valence-corrected chi connectivity index (χ1v) is 8.34. The van der Waals surface area contributed by atoms with Gasteiger partial charge in [-0.15, -0.1) is 0 Å². The summed E-state index contributed by atoms with van der Waals surface area (Å²) in [6, 6.07) is 7.03. The first-order chi connectivity index (χ1) is 11.2. The molecule has 1 amide bonds. The highest BCUT2D eigenvalue weighted by Crippen LogP contribution is 2.25. The predicted molar refractivity (Wildman–Crippen MR) is 94.4 cm³/mol. The molecule has 1 aromatic rings. The lowest BCUT2D eigenvalue weighted by Crippen LogP contribution is -2.36. The molecule has 1 unspecified atom stereocenters. The highest BCUT2D eigenvalue weighted by atomic mass is 35.5. The lowest BCUT2D eigenvalue weighted by Gasteiger charge is -2.26. The van der Waals surface area contributed by atoms with Crippen LogP contribution in [-0.2, 0) is 4.74 Å². The van der Waals surface area contributed by atoms with Crippen molar-refractivity contribution in [3.05, 3.63) is 28.8 Å². The molecule has 132 valence electrons. The predicted octanol–water partition coefficient (Wildman–Crippen LogP) is 4.63. The second kappa shape index (κ2) is 8.79. The topological polar surface area (TPSA) is 62.6 Å². The van der Waals surface area contributed by atoms with E-state index in [1.807, 2.05) is 27.7 Å². The zero-order valence-corrected chi connectivity index (χ0v) is 15.7. The number of hydrogen-bond acceptors (Lipinski definition) is 4. The largest absolute Gasteiger partial charge is 0.489 e. The van der Waals surface area contributed by atoms with Gasteiger partial charge in [0, 0.05) is 31.1 Å². The summed E-state index contributed by atoms with van der Waals surface area (Å²) in [5.74, 6) is 0.469. The van der Waals surface area contributed by atoms with Gasteiger partial charge in [-0.25, -0.2) is 4.79 Å². The smallest absolute Gasteiger partial charge is 0.410 e. The SMILES string of the molecule is CCC(CCN(C)C(=O)OC(C)(C)C)Oc1cc(Cl)ccc1C#N. The number of amides is 1. The minimum absolute atomic E-state index is 0.125. The fraction of sp³-hybridized carbons (Fsp3) is 0.556. The van der Waals surface area contributed by atoms with Crippen LogP contribution >= 0.6 is 11.6 Å². The van der Waals surface area contributed by atoms with Crippen LogP contribution in [0.3, 0.4) is 0 Å². The lowest BCUT2D eigenvalue weighted by molar-refractivity contribution is 0.0278. The molecule has 24 heavy (non-hydrogen) atoms. The van der Waals surface area contributed by atoms with E-state index in [4.69, 9.17) is 26.3 Å². The summed E-state index contributed by atoms with van der Waals surface area (Å²) in [7, 11) is 1.70. The molecule has 0 radical (unpaired) electrons. The Bertz CT molecular complexity index is 605. The van der Waals surface area contributed by atoms with E-state index < -0.39 is 5.60 Å². The van der Waals surface area contributed by atoms with Crippen LogP contribution in [0.15, 0.2) is 18.2 Å². The molecule has 0 aromatic heterocycles. The molecule has 1 aromatic carbocycles. The number of carbonyl (C=O) groups excluding carboxylic acids is 1. The molecule has 0 aliphatic rings. The van der Waals surface area contributed by atoms with Gasteiger partial charge >= 0.3 is 6.09 Å². The molecule has 0 fully saturated rings. The summed E-state index contributed by atoms with van der Waals surface area (Å²) in [5, 5.41) is 9.67.